The molecule has 1 fully saturated rings. The second-order valence-electron chi connectivity index (χ2n) is 4.43. The van der Waals surface area contributed by atoms with Gasteiger partial charge in [-0.1, -0.05) is 6.92 Å². The van der Waals surface area contributed by atoms with Crippen molar-refractivity contribution in [2.45, 2.75) is 19.5 Å². The lowest BCUT2D eigenvalue weighted by Crippen LogP contribution is -2.07. The van der Waals surface area contributed by atoms with E-state index in [4.69, 9.17) is 0 Å². The van der Waals surface area contributed by atoms with E-state index in [1.807, 2.05) is 0 Å². The molecule has 1 N–H and O–H groups in total. The molecule has 2 rings (SSSR count). The van der Waals surface area contributed by atoms with Gasteiger partial charge in [0.2, 0.25) is 0 Å². The number of benzene rings is 1. The summed E-state index contributed by atoms with van der Waals surface area (Å²) in [5, 5.41) is 3.15. The van der Waals surface area contributed by atoms with Crippen LogP contribution >= 0.6 is 0 Å². The van der Waals surface area contributed by atoms with Gasteiger partial charge in [-0.15, -0.1) is 0 Å². The SMILES string of the molecule is CC1CC1CNc1ccc(C(F)(F)F)cc1. The first-order chi connectivity index (χ1) is 7.47. The minimum Gasteiger partial charge on any atom is -0.385 e. The van der Waals surface area contributed by atoms with Crippen LogP contribution < -0.4 is 5.32 Å². The van der Waals surface area contributed by atoms with E-state index < -0.39 is 11.7 Å². The van der Waals surface area contributed by atoms with Gasteiger partial charge in [-0.25, -0.2) is 0 Å². The molecule has 1 aliphatic carbocycles. The molecule has 2 unspecified atom stereocenters. The molecule has 1 nitrogen and oxygen atoms in total. The van der Waals surface area contributed by atoms with Crippen LogP contribution in [0.4, 0.5) is 18.9 Å². The summed E-state index contributed by atoms with van der Waals surface area (Å²) in [5.74, 6) is 1.43. The van der Waals surface area contributed by atoms with Gasteiger partial charge in [0, 0.05) is 12.2 Å². The summed E-state index contributed by atoms with van der Waals surface area (Å²) in [7, 11) is 0. The molecule has 1 aromatic rings. The van der Waals surface area contributed by atoms with E-state index in [0.717, 1.165) is 30.3 Å². The Morgan fingerprint density at radius 1 is 1.25 bits per heavy atom. The Hall–Kier alpha value is -1.19. The van der Waals surface area contributed by atoms with Crippen molar-refractivity contribution in [1.82, 2.24) is 0 Å². The molecule has 0 radical (unpaired) electrons. The first-order valence-corrected chi connectivity index (χ1v) is 5.38. The maximum absolute atomic E-state index is 12.3. The zero-order chi connectivity index (χ0) is 11.8. The Balaban J connectivity index is 1.91. The fourth-order valence-electron chi connectivity index (χ4n) is 1.71. The highest BCUT2D eigenvalue weighted by atomic mass is 19.4. The first kappa shape index (κ1) is 11.3. The van der Waals surface area contributed by atoms with Gasteiger partial charge in [-0.3, -0.25) is 0 Å². The van der Waals surface area contributed by atoms with Gasteiger partial charge in [-0.2, -0.15) is 13.2 Å². The average molecular weight is 229 g/mol. The number of anilines is 1. The van der Waals surface area contributed by atoms with Gasteiger partial charge in [0.1, 0.15) is 0 Å². The minimum atomic E-state index is -4.25. The van der Waals surface area contributed by atoms with Crippen molar-refractivity contribution in [2.75, 3.05) is 11.9 Å². The Labute approximate surface area is 92.7 Å². The smallest absolute Gasteiger partial charge is 0.385 e. The highest BCUT2D eigenvalue weighted by molar-refractivity contribution is 5.45. The topological polar surface area (TPSA) is 12.0 Å². The Kier molecular flexibility index (Phi) is 2.82. The average Bonchev–Trinajstić information content (AvgIpc) is 2.91. The number of rotatable bonds is 3. The maximum Gasteiger partial charge on any atom is 0.416 e. The van der Waals surface area contributed by atoms with Crippen LogP contribution in [0.3, 0.4) is 0 Å². The summed E-state index contributed by atoms with van der Waals surface area (Å²) in [6, 6.07) is 5.18. The predicted molar refractivity (Wildman–Crippen MR) is 57.2 cm³/mol. The highest BCUT2D eigenvalue weighted by Gasteiger charge is 2.32. The van der Waals surface area contributed by atoms with Gasteiger partial charge in [0.25, 0.3) is 0 Å². The summed E-state index contributed by atoms with van der Waals surface area (Å²) in [5.41, 5.74) is 0.157. The molecule has 16 heavy (non-hydrogen) atoms. The third kappa shape index (κ3) is 2.68. The molecule has 88 valence electrons. The van der Waals surface area contributed by atoms with Crippen molar-refractivity contribution < 1.29 is 13.2 Å². The zero-order valence-corrected chi connectivity index (χ0v) is 9.01. The van der Waals surface area contributed by atoms with Gasteiger partial charge < -0.3 is 5.32 Å². The first-order valence-electron chi connectivity index (χ1n) is 5.38. The normalized spacial score (nSPS) is 24.2. The number of nitrogens with one attached hydrogen (secondary N) is 1. The van der Waals surface area contributed by atoms with Crippen molar-refractivity contribution in [2.24, 2.45) is 11.8 Å². The summed E-state index contributed by atoms with van der Waals surface area (Å²) in [6.45, 7) is 3.03. The second kappa shape index (κ2) is 4.00. The van der Waals surface area contributed by atoms with Crippen molar-refractivity contribution in [3.05, 3.63) is 29.8 Å². The number of alkyl halides is 3. The van der Waals surface area contributed by atoms with Crippen LogP contribution in [0.15, 0.2) is 24.3 Å². The molecule has 0 aromatic heterocycles. The Morgan fingerprint density at radius 2 is 1.81 bits per heavy atom. The van der Waals surface area contributed by atoms with Gasteiger partial charge >= 0.3 is 6.18 Å². The quantitative estimate of drug-likeness (QED) is 0.831. The highest BCUT2D eigenvalue weighted by Crippen LogP contribution is 2.37. The van der Waals surface area contributed by atoms with Crippen LogP contribution in [-0.4, -0.2) is 6.54 Å². The van der Waals surface area contributed by atoms with Gasteiger partial charge in [0.15, 0.2) is 0 Å². The maximum atomic E-state index is 12.3. The molecule has 0 spiro atoms. The van der Waals surface area contributed by atoms with Crippen LogP contribution in [0.25, 0.3) is 0 Å². The summed E-state index contributed by atoms with van der Waals surface area (Å²) in [6.07, 6.45) is -3.03. The third-order valence-electron chi connectivity index (χ3n) is 3.06. The molecule has 0 bridgehead atoms. The van der Waals surface area contributed by atoms with Crippen LogP contribution in [0.2, 0.25) is 0 Å². The fraction of sp³-hybridized carbons (Fsp3) is 0.500. The Bertz CT molecular complexity index is 356. The molecule has 1 saturated carbocycles. The third-order valence-corrected chi connectivity index (χ3v) is 3.06. The van der Waals surface area contributed by atoms with E-state index in [1.165, 1.54) is 18.6 Å². The number of hydrogen-bond donors (Lipinski definition) is 1. The van der Waals surface area contributed by atoms with Crippen molar-refractivity contribution in [3.8, 4) is 0 Å². The van der Waals surface area contributed by atoms with Crippen molar-refractivity contribution >= 4 is 5.69 Å². The van der Waals surface area contributed by atoms with Crippen molar-refractivity contribution in [3.63, 3.8) is 0 Å². The summed E-state index contributed by atoms with van der Waals surface area (Å²) < 4.78 is 36.8. The molecule has 0 aliphatic heterocycles. The molecular formula is C12H14F3N. The van der Waals surface area contributed by atoms with Crippen LogP contribution in [0.1, 0.15) is 18.9 Å². The van der Waals surface area contributed by atoms with Gasteiger partial charge in [-0.05, 0) is 42.5 Å². The van der Waals surface area contributed by atoms with Crippen LogP contribution in [0, 0.1) is 11.8 Å². The van der Waals surface area contributed by atoms with E-state index in [0.29, 0.717) is 5.92 Å². The standard InChI is InChI=1S/C12H14F3N/c1-8-6-9(8)7-16-11-4-2-10(3-5-11)12(13,14)15/h2-5,8-9,16H,6-7H2,1H3. The minimum absolute atomic E-state index is 0.599. The largest absolute Gasteiger partial charge is 0.416 e. The molecule has 4 heteroatoms. The number of hydrogen-bond acceptors (Lipinski definition) is 1. The molecule has 2 atom stereocenters. The van der Waals surface area contributed by atoms with E-state index in [-0.39, 0.29) is 0 Å². The van der Waals surface area contributed by atoms with E-state index in [9.17, 15) is 13.2 Å². The molecular weight excluding hydrogens is 215 g/mol. The predicted octanol–water partition coefficient (Wildman–Crippen LogP) is 3.77. The van der Waals surface area contributed by atoms with Gasteiger partial charge in [0.05, 0.1) is 5.56 Å². The molecule has 1 aliphatic rings. The molecule has 0 amide bonds. The van der Waals surface area contributed by atoms with E-state index >= 15 is 0 Å². The lowest BCUT2D eigenvalue weighted by molar-refractivity contribution is -0.137. The van der Waals surface area contributed by atoms with E-state index in [1.54, 1.807) is 0 Å². The Morgan fingerprint density at radius 3 is 2.25 bits per heavy atom. The second-order valence-corrected chi connectivity index (χ2v) is 4.43. The molecule has 0 heterocycles. The molecule has 1 aromatic carbocycles. The fourth-order valence-corrected chi connectivity index (χ4v) is 1.71. The van der Waals surface area contributed by atoms with Crippen LogP contribution in [-0.2, 0) is 6.18 Å². The lowest BCUT2D eigenvalue weighted by atomic mass is 10.2. The van der Waals surface area contributed by atoms with E-state index in [2.05, 4.69) is 12.2 Å². The molecule has 0 saturated heterocycles. The summed E-state index contributed by atoms with van der Waals surface area (Å²) >= 11 is 0. The monoisotopic (exact) mass is 229 g/mol. The number of halogens is 3. The summed E-state index contributed by atoms with van der Waals surface area (Å²) in [4.78, 5) is 0. The lowest BCUT2D eigenvalue weighted by Gasteiger charge is -2.09. The van der Waals surface area contributed by atoms with Crippen LogP contribution in [0.5, 0.6) is 0 Å². The zero-order valence-electron chi connectivity index (χ0n) is 9.01. The van der Waals surface area contributed by atoms with Crippen molar-refractivity contribution in [1.29, 1.82) is 0 Å².